The van der Waals surface area contributed by atoms with Gasteiger partial charge in [0.15, 0.2) is 0 Å². The van der Waals surface area contributed by atoms with E-state index in [-0.39, 0.29) is 5.95 Å². The fourth-order valence-electron chi connectivity index (χ4n) is 4.90. The van der Waals surface area contributed by atoms with Crippen molar-refractivity contribution >= 4 is 11.5 Å². The first kappa shape index (κ1) is 20.2. The molecule has 7 nitrogen and oxygen atoms in total. The third-order valence-corrected chi connectivity index (χ3v) is 6.86. The first-order valence-corrected chi connectivity index (χ1v) is 11.7. The second-order valence-corrected chi connectivity index (χ2v) is 9.22. The Labute approximate surface area is 193 Å². The molecule has 2 aromatic heterocycles. The van der Waals surface area contributed by atoms with E-state index in [2.05, 4.69) is 33.2 Å². The van der Waals surface area contributed by atoms with E-state index in [1.165, 1.54) is 26.1 Å². The summed E-state index contributed by atoms with van der Waals surface area (Å²) in [7, 11) is 0. The smallest absolute Gasteiger partial charge is 0.238 e. The van der Waals surface area contributed by atoms with E-state index in [4.69, 9.17) is 15.5 Å². The fraction of sp³-hybridized carbons (Fsp3) is 0.346. The van der Waals surface area contributed by atoms with Crippen molar-refractivity contribution in [1.82, 2.24) is 24.5 Å². The van der Waals surface area contributed by atoms with Crippen LogP contribution in [0.3, 0.4) is 0 Å². The van der Waals surface area contributed by atoms with Gasteiger partial charge in [-0.1, -0.05) is 42.5 Å². The summed E-state index contributed by atoms with van der Waals surface area (Å²) in [5.74, 6) is 3.23. The van der Waals surface area contributed by atoms with Gasteiger partial charge >= 0.3 is 0 Å². The predicted molar refractivity (Wildman–Crippen MR) is 128 cm³/mol. The molecular weight excluding hydrogens is 412 g/mol. The van der Waals surface area contributed by atoms with Crippen LogP contribution in [0, 0.1) is 5.92 Å². The minimum absolute atomic E-state index is 0.268. The van der Waals surface area contributed by atoms with Crippen molar-refractivity contribution in [3.63, 3.8) is 0 Å². The molecule has 7 heteroatoms. The maximum atomic E-state index is 6.05. The summed E-state index contributed by atoms with van der Waals surface area (Å²) in [4.78, 5) is 11.9. The fourth-order valence-corrected chi connectivity index (χ4v) is 4.90. The van der Waals surface area contributed by atoms with Crippen LogP contribution in [0.4, 0.5) is 5.95 Å². The van der Waals surface area contributed by atoms with Gasteiger partial charge in [0.05, 0.1) is 11.9 Å². The monoisotopic (exact) mass is 440 g/mol. The van der Waals surface area contributed by atoms with Gasteiger partial charge in [-0.3, -0.25) is 0 Å². The van der Waals surface area contributed by atoms with Crippen LogP contribution in [-0.2, 0) is 6.61 Å². The maximum Gasteiger partial charge on any atom is 0.238 e. The Kier molecular flexibility index (Phi) is 5.19. The van der Waals surface area contributed by atoms with Crippen LogP contribution in [0.25, 0.3) is 16.8 Å². The summed E-state index contributed by atoms with van der Waals surface area (Å²) in [6, 6.07) is 18.3. The van der Waals surface area contributed by atoms with Crippen LogP contribution >= 0.6 is 0 Å². The number of anilines is 1. The van der Waals surface area contributed by atoms with Crippen molar-refractivity contribution in [2.45, 2.75) is 31.8 Å². The molecular formula is C26H28N6O. The van der Waals surface area contributed by atoms with Crippen LogP contribution < -0.4 is 10.5 Å². The number of hydrogen-bond donors (Lipinski definition) is 1. The summed E-state index contributed by atoms with van der Waals surface area (Å²) in [6.45, 7) is 4.25. The van der Waals surface area contributed by atoms with E-state index < -0.39 is 0 Å². The van der Waals surface area contributed by atoms with Gasteiger partial charge in [0.25, 0.3) is 0 Å². The number of nitrogens with two attached hydrogens (primary N) is 1. The third-order valence-electron chi connectivity index (χ3n) is 6.86. The number of likely N-dealkylation sites (tertiary alicyclic amines) is 1. The molecule has 0 unspecified atom stereocenters. The molecule has 1 saturated carbocycles. The lowest BCUT2D eigenvalue weighted by atomic mass is 9.74. The normalized spacial score (nSPS) is 20.4. The van der Waals surface area contributed by atoms with Crippen LogP contribution in [0.1, 0.15) is 36.6 Å². The molecule has 0 spiro atoms. The molecule has 3 heterocycles. The molecule has 6 rings (SSSR count). The molecule has 0 bridgehead atoms. The third kappa shape index (κ3) is 4.04. The quantitative estimate of drug-likeness (QED) is 0.465. The van der Waals surface area contributed by atoms with Gasteiger partial charge in [-0.05, 0) is 56.0 Å². The van der Waals surface area contributed by atoms with Gasteiger partial charge in [0.2, 0.25) is 5.95 Å². The summed E-state index contributed by atoms with van der Waals surface area (Å²) >= 11 is 0. The minimum Gasteiger partial charge on any atom is -0.489 e. The standard InChI is InChI=1S/C26H28N6O/c27-26-28-15-23-24(20-8-4-9-22(14-20)33-17-18-6-2-1-3-7-18)29-25(32(23)30-26)21-12-19(13-21)16-31-10-5-11-31/h1-4,6-9,14-15,19,21H,5,10-13,16-17H2,(H2,27,30). The first-order valence-electron chi connectivity index (χ1n) is 11.7. The second-order valence-electron chi connectivity index (χ2n) is 9.22. The average molecular weight is 441 g/mol. The van der Waals surface area contributed by atoms with E-state index in [0.717, 1.165) is 52.7 Å². The summed E-state index contributed by atoms with van der Waals surface area (Å²) < 4.78 is 7.95. The molecule has 1 aliphatic heterocycles. The van der Waals surface area contributed by atoms with E-state index >= 15 is 0 Å². The molecule has 0 radical (unpaired) electrons. The topological polar surface area (TPSA) is 81.6 Å². The number of ether oxygens (including phenoxy) is 1. The zero-order chi connectivity index (χ0) is 22.2. The first-order chi connectivity index (χ1) is 16.2. The molecule has 2 N–H and O–H groups in total. The van der Waals surface area contributed by atoms with E-state index in [1.54, 1.807) is 6.20 Å². The van der Waals surface area contributed by atoms with Gasteiger partial charge in [0, 0.05) is 18.0 Å². The molecule has 33 heavy (non-hydrogen) atoms. The van der Waals surface area contributed by atoms with Crippen molar-refractivity contribution in [2.24, 2.45) is 5.92 Å². The van der Waals surface area contributed by atoms with Gasteiger partial charge in [-0.15, -0.1) is 5.10 Å². The van der Waals surface area contributed by atoms with Gasteiger partial charge in [-0.2, -0.15) is 0 Å². The largest absolute Gasteiger partial charge is 0.489 e. The zero-order valence-corrected chi connectivity index (χ0v) is 18.6. The molecule has 0 amide bonds. The number of fused-ring (bicyclic) bond motifs is 1. The summed E-state index contributed by atoms with van der Waals surface area (Å²) in [6.07, 6.45) is 5.43. The van der Waals surface area contributed by atoms with Crippen molar-refractivity contribution in [3.8, 4) is 17.0 Å². The van der Waals surface area contributed by atoms with Gasteiger partial charge in [-0.25, -0.2) is 14.5 Å². The number of aromatic nitrogens is 4. The number of imidazole rings is 1. The molecule has 2 fully saturated rings. The van der Waals surface area contributed by atoms with Crippen molar-refractivity contribution in [3.05, 3.63) is 72.2 Å². The van der Waals surface area contributed by atoms with Crippen LogP contribution in [0.2, 0.25) is 0 Å². The summed E-state index contributed by atoms with van der Waals surface area (Å²) in [5, 5.41) is 4.52. The Morgan fingerprint density at radius 1 is 1.03 bits per heavy atom. The highest BCUT2D eigenvalue weighted by Crippen LogP contribution is 2.43. The highest BCUT2D eigenvalue weighted by Gasteiger charge is 2.36. The van der Waals surface area contributed by atoms with Crippen LogP contribution in [0.5, 0.6) is 5.75 Å². The van der Waals surface area contributed by atoms with Crippen LogP contribution in [-0.4, -0.2) is 44.1 Å². The number of nitrogen functional groups attached to an aromatic ring is 1. The number of benzene rings is 2. The Morgan fingerprint density at radius 3 is 2.67 bits per heavy atom. The van der Waals surface area contributed by atoms with Gasteiger partial charge < -0.3 is 15.4 Å². The SMILES string of the molecule is Nc1ncc2c(-c3cccc(OCc4ccccc4)c3)nc(C3CC(CN4CCC4)C3)n2n1. The van der Waals surface area contributed by atoms with E-state index in [1.807, 2.05) is 40.9 Å². The lowest BCUT2D eigenvalue weighted by Crippen LogP contribution is -2.43. The Morgan fingerprint density at radius 2 is 1.88 bits per heavy atom. The Hall–Kier alpha value is -3.45. The van der Waals surface area contributed by atoms with Crippen molar-refractivity contribution in [2.75, 3.05) is 25.4 Å². The Balaban J connectivity index is 1.26. The molecule has 2 aromatic carbocycles. The molecule has 4 aromatic rings. The summed E-state index contributed by atoms with van der Waals surface area (Å²) in [5.41, 5.74) is 9.83. The van der Waals surface area contributed by atoms with Gasteiger partial charge in [0.1, 0.15) is 23.7 Å². The minimum atomic E-state index is 0.268. The lowest BCUT2D eigenvalue weighted by Gasteiger charge is -2.41. The maximum absolute atomic E-state index is 6.05. The highest BCUT2D eigenvalue weighted by atomic mass is 16.5. The molecule has 0 atom stereocenters. The van der Waals surface area contributed by atoms with E-state index in [0.29, 0.717) is 12.5 Å². The molecule has 168 valence electrons. The molecule has 1 saturated heterocycles. The van der Waals surface area contributed by atoms with E-state index in [9.17, 15) is 0 Å². The van der Waals surface area contributed by atoms with Crippen LogP contribution in [0.15, 0.2) is 60.8 Å². The number of hydrogen-bond acceptors (Lipinski definition) is 6. The second kappa shape index (κ2) is 8.48. The highest BCUT2D eigenvalue weighted by molar-refractivity contribution is 5.77. The van der Waals surface area contributed by atoms with Crippen molar-refractivity contribution < 1.29 is 4.74 Å². The average Bonchev–Trinajstić information content (AvgIpc) is 3.15. The lowest BCUT2D eigenvalue weighted by molar-refractivity contribution is 0.107. The zero-order valence-electron chi connectivity index (χ0n) is 18.6. The van der Waals surface area contributed by atoms with Crippen molar-refractivity contribution in [1.29, 1.82) is 0 Å². The molecule has 2 aliphatic rings. The predicted octanol–water partition coefficient (Wildman–Crippen LogP) is 4.15. The number of nitrogens with zero attached hydrogens (tertiary/aromatic N) is 5. The molecule has 1 aliphatic carbocycles. The Bertz CT molecular complexity index is 1260. The number of rotatable bonds is 7.